The highest BCUT2D eigenvalue weighted by molar-refractivity contribution is 7.11. The van der Waals surface area contributed by atoms with Gasteiger partial charge in [0.05, 0.1) is 19.8 Å². The minimum Gasteiger partial charge on any atom is -0.378 e. The van der Waals surface area contributed by atoms with Gasteiger partial charge < -0.3 is 19.9 Å². The van der Waals surface area contributed by atoms with Crippen molar-refractivity contribution in [1.82, 2.24) is 15.1 Å². The van der Waals surface area contributed by atoms with Gasteiger partial charge in [0.25, 0.3) is 0 Å². The molecule has 3 rings (SSSR count). The predicted octanol–water partition coefficient (Wildman–Crippen LogP) is 2.09. The van der Waals surface area contributed by atoms with Gasteiger partial charge in [0.2, 0.25) is 5.91 Å². The van der Waals surface area contributed by atoms with Crippen molar-refractivity contribution in [3.63, 3.8) is 0 Å². The molecule has 0 bridgehead atoms. The van der Waals surface area contributed by atoms with Crippen molar-refractivity contribution < 1.29 is 14.3 Å². The van der Waals surface area contributed by atoms with Crippen LogP contribution in [0.25, 0.3) is 0 Å². The zero-order chi connectivity index (χ0) is 17.6. The Morgan fingerprint density at radius 2 is 1.80 bits per heavy atom. The van der Waals surface area contributed by atoms with Gasteiger partial charge in [-0.15, -0.1) is 11.3 Å². The summed E-state index contributed by atoms with van der Waals surface area (Å²) in [7, 11) is 0. The van der Waals surface area contributed by atoms with Crippen LogP contribution < -0.4 is 5.32 Å². The monoisotopic (exact) mass is 365 g/mol. The van der Waals surface area contributed by atoms with Crippen LogP contribution in [0, 0.1) is 5.92 Å². The topological polar surface area (TPSA) is 61.9 Å². The number of hydrogen-bond acceptors (Lipinski definition) is 4. The molecule has 0 saturated carbocycles. The summed E-state index contributed by atoms with van der Waals surface area (Å²) in [6, 6.07) is 4.18. The van der Waals surface area contributed by atoms with Crippen LogP contribution in [-0.2, 0) is 22.5 Å². The van der Waals surface area contributed by atoms with E-state index in [1.165, 1.54) is 9.75 Å². The molecule has 1 N–H and O–H groups in total. The summed E-state index contributed by atoms with van der Waals surface area (Å²) in [5.74, 6) is 0.278. The van der Waals surface area contributed by atoms with Crippen LogP contribution >= 0.6 is 11.3 Å². The number of likely N-dealkylation sites (tertiary alicyclic amines) is 1. The molecule has 0 atom stereocenters. The molecule has 0 radical (unpaired) electrons. The Labute approximate surface area is 153 Å². The van der Waals surface area contributed by atoms with Gasteiger partial charge >= 0.3 is 6.03 Å². The molecule has 3 amide bonds. The lowest BCUT2D eigenvalue weighted by atomic mass is 9.95. The fourth-order valence-corrected chi connectivity index (χ4v) is 4.25. The van der Waals surface area contributed by atoms with E-state index in [4.69, 9.17) is 4.74 Å². The smallest absolute Gasteiger partial charge is 0.317 e. The third-order valence-corrected chi connectivity index (χ3v) is 6.16. The minimum absolute atomic E-state index is 0.0243. The van der Waals surface area contributed by atoms with Gasteiger partial charge in [-0.25, -0.2) is 4.79 Å². The molecule has 2 saturated heterocycles. The largest absolute Gasteiger partial charge is 0.378 e. The molecule has 0 spiro atoms. The van der Waals surface area contributed by atoms with Crippen LogP contribution in [-0.4, -0.2) is 61.1 Å². The van der Waals surface area contributed by atoms with E-state index in [1.807, 2.05) is 9.80 Å². The van der Waals surface area contributed by atoms with Gasteiger partial charge in [-0.2, -0.15) is 0 Å². The number of carbonyl (C=O) groups is 2. The van der Waals surface area contributed by atoms with Crippen molar-refractivity contribution in [3.8, 4) is 0 Å². The van der Waals surface area contributed by atoms with E-state index in [-0.39, 0.29) is 17.9 Å². The molecule has 7 heteroatoms. The van der Waals surface area contributed by atoms with Crippen LogP contribution in [0.15, 0.2) is 12.1 Å². The Hall–Kier alpha value is -1.60. The number of ether oxygens (including phenoxy) is 1. The number of nitrogens with one attached hydrogen (secondary N) is 1. The van der Waals surface area contributed by atoms with Gasteiger partial charge in [0.15, 0.2) is 0 Å². The maximum atomic E-state index is 12.5. The molecule has 25 heavy (non-hydrogen) atoms. The summed E-state index contributed by atoms with van der Waals surface area (Å²) >= 11 is 1.75. The Morgan fingerprint density at radius 1 is 1.12 bits per heavy atom. The van der Waals surface area contributed by atoms with Gasteiger partial charge in [0, 0.05) is 41.9 Å². The number of piperidine rings is 1. The fourth-order valence-electron chi connectivity index (χ4n) is 3.35. The Morgan fingerprint density at radius 3 is 2.44 bits per heavy atom. The molecule has 2 fully saturated rings. The maximum absolute atomic E-state index is 12.5. The first-order valence-electron chi connectivity index (χ1n) is 9.14. The number of rotatable bonds is 4. The number of thiophene rings is 1. The summed E-state index contributed by atoms with van der Waals surface area (Å²) < 4.78 is 5.30. The molecule has 0 unspecified atom stereocenters. The fraction of sp³-hybridized carbons (Fsp3) is 0.667. The number of hydrogen-bond donors (Lipinski definition) is 1. The molecule has 1 aromatic heterocycles. The number of carbonyl (C=O) groups excluding carboxylic acids is 2. The third kappa shape index (κ3) is 4.73. The van der Waals surface area contributed by atoms with Crippen LogP contribution in [0.5, 0.6) is 0 Å². The second kappa shape index (κ2) is 8.67. The molecular formula is C18H27N3O3S. The zero-order valence-corrected chi connectivity index (χ0v) is 15.6. The highest BCUT2D eigenvalue weighted by atomic mass is 32.1. The predicted molar refractivity (Wildman–Crippen MR) is 97.6 cm³/mol. The van der Waals surface area contributed by atoms with Crippen molar-refractivity contribution in [2.24, 2.45) is 5.92 Å². The molecule has 1 aromatic rings. The molecule has 3 heterocycles. The van der Waals surface area contributed by atoms with Crippen LogP contribution in [0.3, 0.4) is 0 Å². The van der Waals surface area contributed by atoms with Crippen LogP contribution in [0.1, 0.15) is 29.5 Å². The summed E-state index contributed by atoms with van der Waals surface area (Å²) in [4.78, 5) is 31.1. The SMILES string of the molecule is CCc1ccc(CNC(=O)N2CCC(C(=O)N3CCOCC3)CC2)s1. The average molecular weight is 365 g/mol. The summed E-state index contributed by atoms with van der Waals surface area (Å²) in [5, 5.41) is 3.00. The van der Waals surface area contributed by atoms with E-state index in [9.17, 15) is 9.59 Å². The van der Waals surface area contributed by atoms with Crippen molar-refractivity contribution in [3.05, 3.63) is 21.9 Å². The first-order chi connectivity index (χ1) is 12.2. The summed E-state index contributed by atoms with van der Waals surface area (Å²) in [5.41, 5.74) is 0. The van der Waals surface area contributed by atoms with Crippen molar-refractivity contribution >= 4 is 23.3 Å². The number of urea groups is 1. The van der Waals surface area contributed by atoms with E-state index >= 15 is 0 Å². The van der Waals surface area contributed by atoms with Gasteiger partial charge in [0.1, 0.15) is 0 Å². The molecule has 6 nitrogen and oxygen atoms in total. The lowest BCUT2D eigenvalue weighted by Crippen LogP contribution is -2.49. The van der Waals surface area contributed by atoms with E-state index in [1.54, 1.807) is 11.3 Å². The van der Waals surface area contributed by atoms with Gasteiger partial charge in [-0.3, -0.25) is 4.79 Å². The van der Waals surface area contributed by atoms with Crippen molar-refractivity contribution in [1.29, 1.82) is 0 Å². The lowest BCUT2D eigenvalue weighted by molar-refractivity contribution is -0.141. The number of aryl methyl sites for hydroxylation is 1. The quantitative estimate of drug-likeness (QED) is 0.889. The van der Waals surface area contributed by atoms with E-state index in [2.05, 4.69) is 24.4 Å². The van der Waals surface area contributed by atoms with Crippen LogP contribution in [0.2, 0.25) is 0 Å². The average Bonchev–Trinajstić information content (AvgIpc) is 3.14. The Bertz CT molecular complexity index is 590. The highest BCUT2D eigenvalue weighted by Crippen LogP contribution is 2.21. The molecule has 0 aliphatic carbocycles. The van der Waals surface area contributed by atoms with Crippen LogP contribution in [0.4, 0.5) is 4.79 Å². The normalized spacial score (nSPS) is 19.1. The molecule has 0 aromatic carbocycles. The summed E-state index contributed by atoms with van der Waals surface area (Å²) in [6.45, 7) is 6.67. The van der Waals surface area contributed by atoms with E-state index in [0.29, 0.717) is 45.9 Å². The molecule has 2 aliphatic heterocycles. The molecular weight excluding hydrogens is 338 g/mol. The lowest BCUT2D eigenvalue weighted by Gasteiger charge is -2.35. The number of amides is 3. The maximum Gasteiger partial charge on any atom is 0.317 e. The number of nitrogens with zero attached hydrogens (tertiary/aromatic N) is 2. The standard InChI is InChI=1S/C18H27N3O3S/c1-2-15-3-4-16(25-15)13-19-18(23)21-7-5-14(6-8-21)17(22)20-9-11-24-12-10-20/h3-4,14H,2,5-13H2,1H3,(H,19,23). The second-order valence-electron chi connectivity index (χ2n) is 6.58. The van der Waals surface area contributed by atoms with E-state index in [0.717, 1.165) is 19.3 Å². The minimum atomic E-state index is -0.0243. The third-order valence-electron chi connectivity index (χ3n) is 4.93. The van der Waals surface area contributed by atoms with Crippen molar-refractivity contribution in [2.75, 3.05) is 39.4 Å². The van der Waals surface area contributed by atoms with Gasteiger partial charge in [-0.05, 0) is 31.4 Å². The Balaban J connectivity index is 1.41. The first-order valence-corrected chi connectivity index (χ1v) is 9.96. The highest BCUT2D eigenvalue weighted by Gasteiger charge is 2.30. The van der Waals surface area contributed by atoms with Crippen molar-refractivity contribution in [2.45, 2.75) is 32.7 Å². The zero-order valence-electron chi connectivity index (χ0n) is 14.8. The summed E-state index contributed by atoms with van der Waals surface area (Å²) in [6.07, 6.45) is 2.54. The van der Waals surface area contributed by atoms with E-state index < -0.39 is 0 Å². The Kier molecular flexibility index (Phi) is 6.31. The number of morpholine rings is 1. The second-order valence-corrected chi connectivity index (χ2v) is 7.83. The molecule has 138 valence electrons. The molecule has 2 aliphatic rings. The van der Waals surface area contributed by atoms with Gasteiger partial charge in [-0.1, -0.05) is 6.92 Å². The first kappa shape index (κ1) is 18.2.